The van der Waals surface area contributed by atoms with Crippen molar-refractivity contribution in [3.05, 3.63) is 63.7 Å². The number of amides is 2. The molecule has 0 unspecified atom stereocenters. The van der Waals surface area contributed by atoms with Gasteiger partial charge in [-0.05, 0) is 30.3 Å². The van der Waals surface area contributed by atoms with Crippen molar-refractivity contribution in [3.63, 3.8) is 0 Å². The molecule has 0 saturated carbocycles. The van der Waals surface area contributed by atoms with E-state index in [0.29, 0.717) is 11.5 Å². The molecule has 0 atom stereocenters. The SMILES string of the molecule is COc1ccc(OCCN2C(=O)c3ccc([N+](=O)[O-])cc3C2=O)cc1. The van der Waals surface area contributed by atoms with Crippen LogP contribution in [-0.4, -0.2) is 41.9 Å². The maximum absolute atomic E-state index is 12.3. The Balaban J connectivity index is 1.66. The number of non-ortho nitro benzene ring substituents is 1. The molecule has 3 rings (SSSR count). The number of carbonyl (C=O) groups excluding carboxylic acids is 2. The number of hydrogen-bond donors (Lipinski definition) is 0. The van der Waals surface area contributed by atoms with Gasteiger partial charge < -0.3 is 9.47 Å². The van der Waals surface area contributed by atoms with Gasteiger partial charge in [0.15, 0.2) is 0 Å². The summed E-state index contributed by atoms with van der Waals surface area (Å²) in [6.45, 7) is 0.159. The summed E-state index contributed by atoms with van der Waals surface area (Å²) in [5.41, 5.74) is -0.0140. The van der Waals surface area contributed by atoms with Gasteiger partial charge in [0.05, 0.1) is 29.7 Å². The molecule has 0 aliphatic carbocycles. The average Bonchev–Trinajstić information content (AvgIpc) is 2.86. The van der Waals surface area contributed by atoms with Crippen molar-refractivity contribution < 1.29 is 24.0 Å². The van der Waals surface area contributed by atoms with Crippen LogP contribution < -0.4 is 9.47 Å². The minimum atomic E-state index is -0.604. The predicted molar refractivity (Wildman–Crippen MR) is 87.0 cm³/mol. The third kappa shape index (κ3) is 3.14. The maximum atomic E-state index is 12.3. The number of hydrogen-bond acceptors (Lipinski definition) is 6. The zero-order valence-corrected chi connectivity index (χ0v) is 13.3. The minimum Gasteiger partial charge on any atom is -0.497 e. The Bertz CT molecular complexity index is 847. The molecule has 2 aromatic rings. The molecule has 1 aliphatic heterocycles. The summed E-state index contributed by atoms with van der Waals surface area (Å²) in [4.78, 5) is 35.8. The molecule has 2 aromatic carbocycles. The normalized spacial score (nSPS) is 12.9. The van der Waals surface area contributed by atoms with Crippen LogP contribution in [0.25, 0.3) is 0 Å². The van der Waals surface area contributed by atoms with Gasteiger partial charge in [0.1, 0.15) is 18.1 Å². The Hall–Kier alpha value is -3.42. The molecule has 8 heteroatoms. The fourth-order valence-corrected chi connectivity index (χ4v) is 2.52. The van der Waals surface area contributed by atoms with Gasteiger partial charge in [-0.1, -0.05) is 0 Å². The van der Waals surface area contributed by atoms with Crippen LogP contribution in [0.15, 0.2) is 42.5 Å². The second kappa shape index (κ2) is 6.60. The molecular formula is C17H14N2O6. The van der Waals surface area contributed by atoms with Gasteiger partial charge >= 0.3 is 0 Å². The number of nitro groups is 1. The van der Waals surface area contributed by atoms with Crippen molar-refractivity contribution >= 4 is 17.5 Å². The Morgan fingerprint density at radius 1 is 1.00 bits per heavy atom. The van der Waals surface area contributed by atoms with Crippen molar-refractivity contribution in [3.8, 4) is 11.5 Å². The first kappa shape index (κ1) is 16.4. The molecule has 0 spiro atoms. The predicted octanol–water partition coefficient (Wildman–Crippen LogP) is 2.28. The van der Waals surface area contributed by atoms with Crippen LogP contribution in [0.2, 0.25) is 0 Å². The van der Waals surface area contributed by atoms with Crippen LogP contribution >= 0.6 is 0 Å². The lowest BCUT2D eigenvalue weighted by Gasteiger charge is -2.14. The van der Waals surface area contributed by atoms with E-state index in [2.05, 4.69) is 0 Å². The lowest BCUT2D eigenvalue weighted by atomic mass is 10.1. The third-order valence-electron chi connectivity index (χ3n) is 3.81. The summed E-state index contributed by atoms with van der Waals surface area (Å²) >= 11 is 0. The summed E-state index contributed by atoms with van der Waals surface area (Å²) < 4.78 is 10.6. The maximum Gasteiger partial charge on any atom is 0.270 e. The lowest BCUT2D eigenvalue weighted by Crippen LogP contribution is -2.33. The fraction of sp³-hybridized carbons (Fsp3) is 0.176. The largest absolute Gasteiger partial charge is 0.497 e. The number of methoxy groups -OCH3 is 1. The quantitative estimate of drug-likeness (QED) is 0.454. The molecule has 0 fully saturated rings. The van der Waals surface area contributed by atoms with Crippen molar-refractivity contribution in [2.45, 2.75) is 0 Å². The Morgan fingerprint density at radius 2 is 1.64 bits per heavy atom. The third-order valence-corrected chi connectivity index (χ3v) is 3.81. The van der Waals surface area contributed by atoms with E-state index in [1.54, 1.807) is 31.4 Å². The number of benzene rings is 2. The summed E-state index contributed by atoms with van der Waals surface area (Å²) in [7, 11) is 1.56. The molecule has 128 valence electrons. The highest BCUT2D eigenvalue weighted by atomic mass is 16.6. The topological polar surface area (TPSA) is 99.0 Å². The Kier molecular flexibility index (Phi) is 4.34. The van der Waals surface area contributed by atoms with Crippen molar-refractivity contribution in [2.24, 2.45) is 0 Å². The number of rotatable bonds is 6. The Morgan fingerprint density at radius 3 is 2.28 bits per heavy atom. The molecule has 0 radical (unpaired) electrons. The van der Waals surface area contributed by atoms with E-state index in [0.717, 1.165) is 11.0 Å². The van der Waals surface area contributed by atoms with Crippen molar-refractivity contribution in [1.82, 2.24) is 4.90 Å². The highest BCUT2D eigenvalue weighted by Crippen LogP contribution is 2.26. The minimum absolute atomic E-state index is 0.0450. The van der Waals surface area contributed by atoms with E-state index < -0.39 is 16.7 Å². The van der Waals surface area contributed by atoms with Crippen LogP contribution in [0, 0.1) is 10.1 Å². The number of carbonyl (C=O) groups is 2. The van der Waals surface area contributed by atoms with E-state index in [-0.39, 0.29) is 30.0 Å². The monoisotopic (exact) mass is 342 g/mol. The smallest absolute Gasteiger partial charge is 0.270 e. The van der Waals surface area contributed by atoms with Gasteiger partial charge in [-0.2, -0.15) is 0 Å². The van der Waals surface area contributed by atoms with Crippen LogP contribution in [-0.2, 0) is 0 Å². The summed E-state index contributed by atoms with van der Waals surface area (Å²) in [6.07, 6.45) is 0. The molecule has 1 heterocycles. The molecule has 0 aromatic heterocycles. The number of fused-ring (bicyclic) bond motifs is 1. The second-order valence-electron chi connectivity index (χ2n) is 5.27. The highest BCUT2D eigenvalue weighted by Gasteiger charge is 2.36. The second-order valence-corrected chi connectivity index (χ2v) is 5.27. The number of nitrogens with zero attached hydrogens (tertiary/aromatic N) is 2. The molecular weight excluding hydrogens is 328 g/mol. The first-order valence-electron chi connectivity index (χ1n) is 7.43. The molecule has 1 aliphatic rings. The average molecular weight is 342 g/mol. The first-order valence-corrected chi connectivity index (χ1v) is 7.43. The van der Waals surface area contributed by atoms with E-state index in [9.17, 15) is 19.7 Å². The van der Waals surface area contributed by atoms with Gasteiger partial charge in [0.2, 0.25) is 0 Å². The van der Waals surface area contributed by atoms with Crippen molar-refractivity contribution in [1.29, 1.82) is 0 Å². The van der Waals surface area contributed by atoms with Gasteiger partial charge in [0, 0.05) is 12.1 Å². The zero-order valence-electron chi connectivity index (χ0n) is 13.3. The molecule has 25 heavy (non-hydrogen) atoms. The number of ether oxygens (including phenoxy) is 2. The summed E-state index contributed by atoms with van der Waals surface area (Å²) in [6, 6.07) is 10.5. The number of imide groups is 1. The summed E-state index contributed by atoms with van der Waals surface area (Å²) in [5.74, 6) is 0.234. The molecule has 0 saturated heterocycles. The highest BCUT2D eigenvalue weighted by molar-refractivity contribution is 6.21. The van der Waals surface area contributed by atoms with Crippen molar-refractivity contribution in [2.75, 3.05) is 20.3 Å². The number of nitro benzene ring substituents is 1. The first-order chi connectivity index (χ1) is 12.0. The van der Waals surface area contributed by atoms with Crippen LogP contribution in [0.1, 0.15) is 20.7 Å². The Labute approximate surface area is 142 Å². The molecule has 8 nitrogen and oxygen atoms in total. The van der Waals surface area contributed by atoms with Gasteiger partial charge in [-0.3, -0.25) is 24.6 Å². The molecule has 0 bridgehead atoms. The van der Waals surface area contributed by atoms with Crippen LogP contribution in [0.5, 0.6) is 11.5 Å². The van der Waals surface area contributed by atoms with Crippen LogP contribution in [0.3, 0.4) is 0 Å². The molecule has 2 amide bonds. The molecule has 0 N–H and O–H groups in total. The van der Waals surface area contributed by atoms with E-state index >= 15 is 0 Å². The van der Waals surface area contributed by atoms with Gasteiger partial charge in [0.25, 0.3) is 17.5 Å². The lowest BCUT2D eigenvalue weighted by molar-refractivity contribution is -0.384. The summed E-state index contributed by atoms with van der Waals surface area (Å²) in [5, 5.41) is 10.8. The van der Waals surface area contributed by atoms with E-state index in [1.807, 2.05) is 0 Å². The standard InChI is InChI=1S/C17H14N2O6/c1-24-12-3-5-13(6-4-12)25-9-8-18-16(20)14-7-2-11(19(22)23)10-15(14)17(18)21/h2-7,10H,8-9H2,1H3. The fourth-order valence-electron chi connectivity index (χ4n) is 2.52. The van der Waals surface area contributed by atoms with Gasteiger partial charge in [-0.15, -0.1) is 0 Å². The van der Waals surface area contributed by atoms with E-state index in [4.69, 9.17) is 9.47 Å². The van der Waals surface area contributed by atoms with E-state index in [1.165, 1.54) is 12.1 Å². The van der Waals surface area contributed by atoms with Gasteiger partial charge in [-0.25, -0.2) is 0 Å². The van der Waals surface area contributed by atoms with Crippen LogP contribution in [0.4, 0.5) is 5.69 Å². The zero-order chi connectivity index (χ0) is 18.0.